The monoisotopic (exact) mass is 293 g/mol. The molecule has 5 N–H and O–H groups in total. The van der Waals surface area contributed by atoms with E-state index in [0.717, 1.165) is 25.7 Å². The first-order valence-corrected chi connectivity index (χ1v) is 7.44. The second-order valence-electron chi connectivity index (χ2n) is 5.42. The van der Waals surface area contributed by atoms with Crippen LogP contribution in [0.3, 0.4) is 0 Å². The fourth-order valence-electron chi connectivity index (χ4n) is 2.68. The van der Waals surface area contributed by atoms with E-state index in [1.165, 1.54) is 6.92 Å². The number of nitrogens with two attached hydrogens (primary N) is 1. The summed E-state index contributed by atoms with van der Waals surface area (Å²) in [5.74, 6) is 0.379. The van der Waals surface area contributed by atoms with Crippen LogP contribution < -0.4 is 21.9 Å². The van der Waals surface area contributed by atoms with Crippen molar-refractivity contribution in [1.29, 1.82) is 0 Å². The average Bonchev–Trinajstić information content (AvgIpc) is 2.41. The highest BCUT2D eigenvalue weighted by molar-refractivity contribution is 5.98. The second-order valence-corrected chi connectivity index (χ2v) is 5.42. The number of carbonyl (C=O) groups excluding carboxylic acids is 1. The number of aromatic nitrogens is 2. The summed E-state index contributed by atoms with van der Waals surface area (Å²) in [6, 6.07) is 0.152. The Hall–Kier alpha value is -1.89. The minimum atomic E-state index is -0.430. The summed E-state index contributed by atoms with van der Waals surface area (Å²) in [6.45, 7) is 3.83. The molecule has 0 unspecified atom stereocenters. The molecular formula is C14H23N5O2. The van der Waals surface area contributed by atoms with Crippen molar-refractivity contribution in [1.82, 2.24) is 9.97 Å². The van der Waals surface area contributed by atoms with Crippen molar-refractivity contribution in [2.24, 2.45) is 5.73 Å². The number of ketones is 1. The van der Waals surface area contributed by atoms with Crippen molar-refractivity contribution in [3.8, 4) is 0 Å². The standard InChI is InChI=1S/C14H23N5O2/c1-3-16-12-11(8(2)20)13(21)19-14(18-12)17-10-7-5-4-6-9(10)15/h9-10H,3-7,15H2,1-2H3,(H3,16,17,18,19,21)/t9-,10+/m0/s1. The summed E-state index contributed by atoms with van der Waals surface area (Å²) in [7, 11) is 0. The molecule has 0 spiro atoms. The van der Waals surface area contributed by atoms with Gasteiger partial charge in [0.1, 0.15) is 11.4 Å². The van der Waals surface area contributed by atoms with E-state index in [2.05, 4.69) is 20.6 Å². The minimum absolute atomic E-state index is 0.0547. The van der Waals surface area contributed by atoms with Crippen LogP contribution in [0.25, 0.3) is 0 Å². The first-order valence-electron chi connectivity index (χ1n) is 7.44. The summed E-state index contributed by atoms with van der Waals surface area (Å²) >= 11 is 0. The molecule has 116 valence electrons. The Morgan fingerprint density at radius 2 is 2.14 bits per heavy atom. The molecule has 1 saturated carbocycles. The lowest BCUT2D eigenvalue weighted by molar-refractivity contribution is 0.101. The van der Waals surface area contributed by atoms with Crippen LogP contribution in [0.4, 0.5) is 11.8 Å². The van der Waals surface area contributed by atoms with Crippen molar-refractivity contribution in [3.05, 3.63) is 15.9 Å². The third-order valence-corrected chi connectivity index (χ3v) is 3.76. The highest BCUT2D eigenvalue weighted by Crippen LogP contribution is 2.20. The predicted octanol–water partition coefficient (Wildman–Crippen LogP) is 1.09. The maximum absolute atomic E-state index is 12.1. The van der Waals surface area contributed by atoms with Gasteiger partial charge in [0.15, 0.2) is 5.78 Å². The van der Waals surface area contributed by atoms with Crippen LogP contribution >= 0.6 is 0 Å². The molecule has 1 aromatic heterocycles. The maximum Gasteiger partial charge on any atom is 0.265 e. The van der Waals surface area contributed by atoms with Crippen LogP contribution in [-0.2, 0) is 0 Å². The number of anilines is 2. The Bertz CT molecular complexity index is 569. The van der Waals surface area contributed by atoms with Gasteiger partial charge in [-0.25, -0.2) is 0 Å². The van der Waals surface area contributed by atoms with Crippen LogP contribution in [0, 0.1) is 0 Å². The number of nitrogens with zero attached hydrogens (tertiary/aromatic N) is 1. The lowest BCUT2D eigenvalue weighted by Crippen LogP contribution is -2.43. The van der Waals surface area contributed by atoms with Gasteiger partial charge in [0.05, 0.1) is 0 Å². The fourth-order valence-corrected chi connectivity index (χ4v) is 2.68. The minimum Gasteiger partial charge on any atom is -0.369 e. The van der Waals surface area contributed by atoms with Crippen molar-refractivity contribution in [3.63, 3.8) is 0 Å². The smallest absolute Gasteiger partial charge is 0.265 e. The first kappa shape index (κ1) is 15.5. The van der Waals surface area contributed by atoms with Gasteiger partial charge in [-0.2, -0.15) is 4.98 Å². The molecule has 1 aliphatic carbocycles. The Kier molecular flexibility index (Phi) is 4.95. The maximum atomic E-state index is 12.1. The van der Waals surface area contributed by atoms with Gasteiger partial charge >= 0.3 is 0 Å². The molecule has 0 aromatic carbocycles. The summed E-state index contributed by atoms with van der Waals surface area (Å²) in [4.78, 5) is 30.6. The van der Waals surface area contributed by atoms with Crippen molar-refractivity contribution >= 4 is 17.5 Å². The molecule has 0 radical (unpaired) electrons. The van der Waals surface area contributed by atoms with E-state index in [1.807, 2.05) is 6.92 Å². The molecular weight excluding hydrogens is 270 g/mol. The first-order chi connectivity index (χ1) is 10.0. The Balaban J connectivity index is 2.28. The number of H-pyrrole nitrogens is 1. The van der Waals surface area contributed by atoms with Crippen molar-refractivity contribution in [2.75, 3.05) is 17.2 Å². The zero-order valence-electron chi connectivity index (χ0n) is 12.5. The molecule has 7 heteroatoms. The van der Waals surface area contributed by atoms with Crippen LogP contribution in [-0.4, -0.2) is 34.4 Å². The normalized spacial score (nSPS) is 21.9. The fraction of sp³-hybridized carbons (Fsp3) is 0.643. The molecule has 0 aliphatic heterocycles. The van der Waals surface area contributed by atoms with Crippen LogP contribution in [0.2, 0.25) is 0 Å². The Morgan fingerprint density at radius 3 is 2.76 bits per heavy atom. The van der Waals surface area contributed by atoms with Gasteiger partial charge in [-0.05, 0) is 26.7 Å². The Labute approximate surface area is 123 Å². The summed E-state index contributed by atoms with van der Waals surface area (Å²) in [6.07, 6.45) is 4.17. The highest BCUT2D eigenvalue weighted by Gasteiger charge is 2.23. The number of hydrogen-bond acceptors (Lipinski definition) is 6. The summed E-state index contributed by atoms with van der Waals surface area (Å²) in [5.41, 5.74) is 5.72. The molecule has 1 aromatic rings. The zero-order chi connectivity index (χ0) is 15.4. The molecule has 21 heavy (non-hydrogen) atoms. The van der Waals surface area contributed by atoms with E-state index >= 15 is 0 Å². The predicted molar refractivity (Wildman–Crippen MR) is 82.9 cm³/mol. The van der Waals surface area contributed by atoms with Crippen molar-refractivity contribution < 1.29 is 4.79 Å². The van der Waals surface area contributed by atoms with Gasteiger partial charge in [-0.15, -0.1) is 0 Å². The zero-order valence-corrected chi connectivity index (χ0v) is 12.5. The number of carbonyl (C=O) groups is 1. The topological polar surface area (TPSA) is 113 Å². The summed E-state index contributed by atoms with van der Waals surface area (Å²) < 4.78 is 0. The van der Waals surface area contributed by atoms with E-state index in [9.17, 15) is 9.59 Å². The molecule has 1 aliphatic rings. The third kappa shape index (κ3) is 3.60. The summed E-state index contributed by atoms with van der Waals surface area (Å²) in [5, 5.41) is 6.16. The molecule has 1 fully saturated rings. The average molecular weight is 293 g/mol. The number of aromatic amines is 1. The van der Waals surface area contributed by atoms with Gasteiger partial charge in [0.25, 0.3) is 5.56 Å². The molecule has 1 heterocycles. The van der Waals surface area contributed by atoms with E-state index in [1.54, 1.807) is 0 Å². The molecule has 0 bridgehead atoms. The number of nitrogens with one attached hydrogen (secondary N) is 3. The Morgan fingerprint density at radius 1 is 1.43 bits per heavy atom. The third-order valence-electron chi connectivity index (χ3n) is 3.76. The van der Waals surface area contributed by atoms with Gasteiger partial charge in [-0.3, -0.25) is 14.6 Å². The number of Topliss-reactive ketones (excluding diaryl/α,β-unsaturated/α-hetero) is 1. The van der Waals surface area contributed by atoms with Gasteiger partial charge in [0, 0.05) is 18.6 Å². The van der Waals surface area contributed by atoms with E-state index in [0.29, 0.717) is 18.3 Å². The van der Waals surface area contributed by atoms with Crippen LogP contribution in [0.1, 0.15) is 49.9 Å². The highest BCUT2D eigenvalue weighted by atomic mass is 16.1. The van der Waals surface area contributed by atoms with Gasteiger partial charge in [0.2, 0.25) is 5.95 Å². The quantitative estimate of drug-likeness (QED) is 0.604. The largest absolute Gasteiger partial charge is 0.369 e. The lowest BCUT2D eigenvalue weighted by atomic mass is 9.91. The lowest BCUT2D eigenvalue weighted by Gasteiger charge is -2.29. The van der Waals surface area contributed by atoms with Gasteiger partial charge < -0.3 is 16.4 Å². The molecule has 0 amide bonds. The number of hydrogen-bond donors (Lipinski definition) is 4. The van der Waals surface area contributed by atoms with E-state index in [-0.39, 0.29) is 23.4 Å². The molecule has 0 saturated heterocycles. The SMILES string of the molecule is CCNc1nc(N[C@@H]2CCCC[C@@H]2N)[nH]c(=O)c1C(C)=O. The number of rotatable bonds is 5. The van der Waals surface area contributed by atoms with Crippen molar-refractivity contribution in [2.45, 2.75) is 51.6 Å². The van der Waals surface area contributed by atoms with E-state index in [4.69, 9.17) is 5.73 Å². The van der Waals surface area contributed by atoms with E-state index < -0.39 is 5.56 Å². The van der Waals surface area contributed by atoms with Crippen LogP contribution in [0.5, 0.6) is 0 Å². The van der Waals surface area contributed by atoms with Crippen LogP contribution in [0.15, 0.2) is 4.79 Å². The molecule has 2 rings (SSSR count). The molecule has 2 atom stereocenters. The van der Waals surface area contributed by atoms with Gasteiger partial charge in [-0.1, -0.05) is 12.8 Å². The molecule has 7 nitrogen and oxygen atoms in total. The second kappa shape index (κ2) is 6.71.